The summed E-state index contributed by atoms with van der Waals surface area (Å²) in [6.45, 7) is 2.41. The molecule has 0 saturated carbocycles. The Labute approximate surface area is 107 Å². The topological polar surface area (TPSA) is 75.9 Å². The van der Waals surface area contributed by atoms with Gasteiger partial charge in [0.1, 0.15) is 22.4 Å². The van der Waals surface area contributed by atoms with Crippen LogP contribution < -0.4 is 10.6 Å². The molecule has 0 amide bonds. The molecule has 2 aromatic rings. The lowest BCUT2D eigenvalue weighted by atomic mass is 10.4. The van der Waals surface area contributed by atoms with E-state index in [2.05, 4.69) is 41.7 Å². The standard InChI is InChI=1S/C10H12BrN5O/c1-6-3-7(17-16-6)4-13-10-8(11)9(12-2)14-5-15-10/h3,5H,4H2,1-2H3,(H2,12,13,14,15). The van der Waals surface area contributed by atoms with Crippen molar-refractivity contribution in [2.45, 2.75) is 13.5 Å². The van der Waals surface area contributed by atoms with E-state index in [1.54, 1.807) is 7.05 Å². The van der Waals surface area contributed by atoms with Gasteiger partial charge in [0.15, 0.2) is 5.76 Å². The highest BCUT2D eigenvalue weighted by Crippen LogP contribution is 2.26. The quantitative estimate of drug-likeness (QED) is 0.901. The number of aryl methyl sites for hydroxylation is 1. The number of aromatic nitrogens is 3. The Morgan fingerprint density at radius 3 is 2.76 bits per heavy atom. The third kappa shape index (κ3) is 2.73. The van der Waals surface area contributed by atoms with Gasteiger partial charge < -0.3 is 15.2 Å². The van der Waals surface area contributed by atoms with Gasteiger partial charge in [-0.3, -0.25) is 0 Å². The first-order valence-corrected chi connectivity index (χ1v) is 5.84. The summed E-state index contributed by atoms with van der Waals surface area (Å²) in [6.07, 6.45) is 1.49. The molecule has 7 heteroatoms. The fourth-order valence-electron chi connectivity index (χ4n) is 1.34. The second-order valence-corrected chi connectivity index (χ2v) is 4.22. The first-order valence-electron chi connectivity index (χ1n) is 5.05. The maximum absolute atomic E-state index is 5.10. The molecule has 2 aromatic heterocycles. The van der Waals surface area contributed by atoms with E-state index in [-0.39, 0.29) is 0 Å². The third-order valence-corrected chi connectivity index (χ3v) is 2.88. The van der Waals surface area contributed by atoms with E-state index < -0.39 is 0 Å². The molecule has 0 aliphatic carbocycles. The van der Waals surface area contributed by atoms with E-state index in [0.29, 0.717) is 12.4 Å². The second-order valence-electron chi connectivity index (χ2n) is 3.42. The van der Waals surface area contributed by atoms with Gasteiger partial charge in [0, 0.05) is 13.1 Å². The van der Waals surface area contributed by atoms with Gasteiger partial charge in [-0.1, -0.05) is 5.16 Å². The Morgan fingerprint density at radius 2 is 2.12 bits per heavy atom. The normalized spacial score (nSPS) is 10.3. The monoisotopic (exact) mass is 297 g/mol. The number of halogens is 1. The van der Waals surface area contributed by atoms with Crippen LogP contribution in [0.2, 0.25) is 0 Å². The molecule has 2 N–H and O–H groups in total. The van der Waals surface area contributed by atoms with Crippen molar-refractivity contribution >= 4 is 27.6 Å². The number of nitrogens with one attached hydrogen (secondary N) is 2. The van der Waals surface area contributed by atoms with Crippen molar-refractivity contribution < 1.29 is 4.52 Å². The van der Waals surface area contributed by atoms with Crippen molar-refractivity contribution in [2.75, 3.05) is 17.7 Å². The maximum Gasteiger partial charge on any atom is 0.156 e. The SMILES string of the molecule is CNc1ncnc(NCc2cc(C)no2)c1Br. The molecule has 6 nitrogen and oxygen atoms in total. The summed E-state index contributed by atoms with van der Waals surface area (Å²) in [4.78, 5) is 8.21. The molecule has 0 spiro atoms. The molecule has 0 aliphatic rings. The van der Waals surface area contributed by atoms with Gasteiger partial charge in [0.25, 0.3) is 0 Å². The highest BCUT2D eigenvalue weighted by atomic mass is 79.9. The minimum absolute atomic E-state index is 0.527. The van der Waals surface area contributed by atoms with Crippen LogP contribution >= 0.6 is 15.9 Å². The van der Waals surface area contributed by atoms with Crippen LogP contribution in [0.3, 0.4) is 0 Å². The summed E-state index contributed by atoms with van der Waals surface area (Å²) < 4.78 is 5.89. The minimum Gasteiger partial charge on any atom is -0.372 e. The highest BCUT2D eigenvalue weighted by Gasteiger charge is 2.08. The Kier molecular flexibility index (Phi) is 3.58. The van der Waals surface area contributed by atoms with Crippen molar-refractivity contribution in [3.63, 3.8) is 0 Å². The highest BCUT2D eigenvalue weighted by molar-refractivity contribution is 9.10. The predicted octanol–water partition coefficient (Wildman–Crippen LogP) is 2.19. The molecule has 0 saturated heterocycles. The fraction of sp³-hybridized carbons (Fsp3) is 0.300. The molecule has 2 heterocycles. The summed E-state index contributed by atoms with van der Waals surface area (Å²) in [7, 11) is 1.80. The van der Waals surface area contributed by atoms with Gasteiger partial charge in [0.05, 0.1) is 12.2 Å². The summed E-state index contributed by atoms with van der Waals surface area (Å²) in [5, 5.41) is 9.92. The Balaban J connectivity index is 2.09. The van der Waals surface area contributed by atoms with Crippen molar-refractivity contribution in [3.05, 3.63) is 28.3 Å². The molecule has 90 valence electrons. The van der Waals surface area contributed by atoms with Gasteiger partial charge in [0.2, 0.25) is 0 Å². The lowest BCUT2D eigenvalue weighted by Gasteiger charge is -2.08. The van der Waals surface area contributed by atoms with Crippen LogP contribution in [0.15, 0.2) is 21.4 Å². The maximum atomic E-state index is 5.10. The minimum atomic E-state index is 0.527. The smallest absolute Gasteiger partial charge is 0.156 e. The molecule has 0 aliphatic heterocycles. The lowest BCUT2D eigenvalue weighted by Crippen LogP contribution is -2.04. The van der Waals surface area contributed by atoms with E-state index in [4.69, 9.17) is 4.52 Å². The molecule has 0 aromatic carbocycles. The number of hydrogen-bond donors (Lipinski definition) is 2. The van der Waals surface area contributed by atoms with Gasteiger partial charge in [-0.25, -0.2) is 9.97 Å². The predicted molar refractivity (Wildman–Crippen MR) is 67.8 cm³/mol. The van der Waals surface area contributed by atoms with Crippen molar-refractivity contribution in [1.82, 2.24) is 15.1 Å². The summed E-state index contributed by atoms with van der Waals surface area (Å²) >= 11 is 3.42. The van der Waals surface area contributed by atoms with Gasteiger partial charge in [-0.2, -0.15) is 0 Å². The molecular formula is C10H12BrN5O. The van der Waals surface area contributed by atoms with Crippen LogP contribution in [-0.4, -0.2) is 22.2 Å². The molecule has 0 bridgehead atoms. The summed E-state index contributed by atoms with van der Waals surface area (Å²) in [6, 6.07) is 1.88. The molecule has 0 radical (unpaired) electrons. The molecular weight excluding hydrogens is 286 g/mol. The number of anilines is 2. The number of nitrogens with zero attached hydrogens (tertiary/aromatic N) is 3. The average Bonchev–Trinajstić information content (AvgIpc) is 2.74. The zero-order valence-corrected chi connectivity index (χ0v) is 11.1. The second kappa shape index (κ2) is 5.13. The lowest BCUT2D eigenvalue weighted by molar-refractivity contribution is 0.384. The van der Waals surface area contributed by atoms with Gasteiger partial charge >= 0.3 is 0 Å². The first-order chi connectivity index (χ1) is 8.20. The Morgan fingerprint density at radius 1 is 1.35 bits per heavy atom. The van der Waals surface area contributed by atoms with Crippen LogP contribution in [0, 0.1) is 6.92 Å². The molecule has 2 rings (SSSR count). The van der Waals surface area contributed by atoms with Crippen LogP contribution in [0.25, 0.3) is 0 Å². The number of hydrogen-bond acceptors (Lipinski definition) is 6. The van der Waals surface area contributed by atoms with E-state index in [1.807, 2.05) is 13.0 Å². The molecule has 0 atom stereocenters. The van der Waals surface area contributed by atoms with E-state index in [1.165, 1.54) is 6.33 Å². The third-order valence-electron chi connectivity index (χ3n) is 2.13. The Hall–Kier alpha value is -1.63. The fourth-order valence-corrected chi connectivity index (χ4v) is 1.88. The van der Waals surface area contributed by atoms with Crippen molar-refractivity contribution in [1.29, 1.82) is 0 Å². The number of rotatable bonds is 4. The van der Waals surface area contributed by atoms with Crippen molar-refractivity contribution in [3.8, 4) is 0 Å². The molecule has 0 fully saturated rings. The van der Waals surface area contributed by atoms with E-state index in [9.17, 15) is 0 Å². The summed E-state index contributed by atoms with van der Waals surface area (Å²) in [5.41, 5.74) is 0.861. The van der Waals surface area contributed by atoms with E-state index >= 15 is 0 Å². The van der Waals surface area contributed by atoms with Crippen LogP contribution in [0.5, 0.6) is 0 Å². The van der Waals surface area contributed by atoms with Gasteiger partial charge in [-0.15, -0.1) is 0 Å². The zero-order valence-electron chi connectivity index (χ0n) is 9.49. The van der Waals surface area contributed by atoms with Crippen LogP contribution in [0.4, 0.5) is 11.6 Å². The first kappa shape index (κ1) is 11.8. The van der Waals surface area contributed by atoms with Crippen LogP contribution in [-0.2, 0) is 6.54 Å². The van der Waals surface area contributed by atoms with Crippen LogP contribution in [0.1, 0.15) is 11.5 Å². The van der Waals surface area contributed by atoms with Crippen molar-refractivity contribution in [2.24, 2.45) is 0 Å². The largest absolute Gasteiger partial charge is 0.372 e. The van der Waals surface area contributed by atoms with E-state index in [0.717, 1.165) is 21.7 Å². The Bertz CT molecular complexity index is 513. The zero-order chi connectivity index (χ0) is 12.3. The van der Waals surface area contributed by atoms with Gasteiger partial charge in [-0.05, 0) is 22.9 Å². The summed E-state index contributed by atoms with van der Waals surface area (Å²) in [5.74, 6) is 2.20. The molecule has 0 unspecified atom stereocenters. The average molecular weight is 298 g/mol. The molecule has 17 heavy (non-hydrogen) atoms.